The van der Waals surface area contributed by atoms with Crippen molar-refractivity contribution < 1.29 is 47.2 Å². The maximum atomic E-state index is 13.4. The van der Waals surface area contributed by atoms with Gasteiger partial charge in [-0.1, -0.05) is 36.5 Å². The zero-order valence-corrected chi connectivity index (χ0v) is 25.0. The first-order valence-electron chi connectivity index (χ1n) is 12.9. The molecule has 3 aliphatic rings. The quantitative estimate of drug-likeness (QED) is 0.184. The van der Waals surface area contributed by atoms with Crippen molar-refractivity contribution in [2.24, 2.45) is 0 Å². The summed E-state index contributed by atoms with van der Waals surface area (Å²) in [5.74, 6) is 0. The molecule has 10 unspecified atom stereocenters. The first-order valence-corrected chi connectivity index (χ1v) is 18.2. The van der Waals surface area contributed by atoms with Gasteiger partial charge in [0.2, 0.25) is 0 Å². The highest BCUT2D eigenvalue weighted by molar-refractivity contribution is 8.44. The molecule has 0 radical (unpaired) electrons. The molecule has 7 rings (SSSR count). The zero-order chi connectivity index (χ0) is 29.2. The smallest absolute Gasteiger partial charge is 0.386 e. The van der Waals surface area contributed by atoms with Crippen molar-refractivity contribution in [3.63, 3.8) is 0 Å². The highest BCUT2D eigenvalue weighted by Crippen LogP contribution is 2.58. The largest absolute Gasteiger partial charge is 0.386 e. The van der Waals surface area contributed by atoms with E-state index in [4.69, 9.17) is 39.4 Å². The van der Waals surface area contributed by atoms with Crippen LogP contribution in [0.1, 0.15) is 12.5 Å². The monoisotopic (exact) mass is 656 g/mol. The fourth-order valence-corrected chi connectivity index (χ4v) is 8.43. The molecule has 0 aliphatic carbocycles. The predicted molar refractivity (Wildman–Crippen MR) is 154 cm³/mol. The third-order valence-corrected chi connectivity index (χ3v) is 10.6. The second kappa shape index (κ2) is 11.0. The lowest BCUT2D eigenvalue weighted by molar-refractivity contribution is -0.0575. The molecule has 5 heterocycles. The Labute approximate surface area is 249 Å². The van der Waals surface area contributed by atoms with Crippen molar-refractivity contribution in [2.45, 2.75) is 49.1 Å². The molecule has 42 heavy (non-hydrogen) atoms. The van der Waals surface area contributed by atoms with Gasteiger partial charge in [0.15, 0.2) is 12.5 Å². The van der Waals surface area contributed by atoms with E-state index in [9.17, 15) is 19.7 Å². The molecule has 3 saturated heterocycles. The van der Waals surface area contributed by atoms with Gasteiger partial charge in [0, 0.05) is 0 Å². The highest BCUT2D eigenvalue weighted by atomic mass is 32.7. The first-order chi connectivity index (χ1) is 20.1. The van der Waals surface area contributed by atoms with Crippen LogP contribution in [0.5, 0.6) is 0 Å². The molecule has 2 aromatic heterocycles. The number of benzene rings is 2. The molecule has 10 atom stereocenters. The Hall–Kier alpha value is -1.75. The summed E-state index contributed by atoms with van der Waals surface area (Å²) >= 11 is 9.41. The number of rotatable bonds is 2. The van der Waals surface area contributed by atoms with E-state index in [1.54, 1.807) is 33.4 Å². The molecular weight excluding hydrogens is 630 g/mol. The van der Waals surface area contributed by atoms with Crippen LogP contribution < -0.4 is 0 Å². The summed E-state index contributed by atoms with van der Waals surface area (Å²) in [6.07, 6.45) is -6.37. The van der Waals surface area contributed by atoms with Gasteiger partial charge in [-0.2, -0.15) is 0 Å². The van der Waals surface area contributed by atoms with E-state index >= 15 is 0 Å². The van der Waals surface area contributed by atoms with E-state index in [-0.39, 0.29) is 0 Å². The fraction of sp³-hybridized carbons (Fsp3) is 0.417. The molecule has 18 heteroatoms. The Morgan fingerprint density at radius 1 is 0.810 bits per heavy atom. The molecule has 14 nitrogen and oxygen atoms in total. The van der Waals surface area contributed by atoms with E-state index in [1.165, 1.54) is 12.7 Å². The van der Waals surface area contributed by atoms with Crippen LogP contribution in [0, 0.1) is 0 Å². The molecule has 0 amide bonds. The third kappa shape index (κ3) is 5.28. The Morgan fingerprint density at radius 3 is 1.83 bits per heavy atom. The number of aliphatic hydroxyl groups excluding tert-OH is 2. The molecular formula is C24H26N4O10P2S2. The molecule has 224 valence electrons. The molecule has 3 aliphatic heterocycles. The predicted octanol–water partition coefficient (Wildman–Crippen LogP) is 2.67. The number of para-hydroxylation sites is 4. The van der Waals surface area contributed by atoms with Crippen molar-refractivity contribution in [1.82, 2.24) is 19.1 Å². The lowest BCUT2D eigenvalue weighted by atomic mass is 10.1. The number of hydrogen-bond acceptors (Lipinski definition) is 12. The summed E-state index contributed by atoms with van der Waals surface area (Å²) in [5.41, 5.74) is 2.71. The molecule has 3 N–H and O–H groups in total. The Balaban J connectivity index is 1.16. The number of fused-ring (bicyclic) bond motifs is 4. The maximum Gasteiger partial charge on any atom is 0.386 e. The molecule has 0 spiro atoms. The summed E-state index contributed by atoms with van der Waals surface area (Å²) in [6, 6.07) is 14.5. The van der Waals surface area contributed by atoms with Crippen LogP contribution in [-0.2, 0) is 43.9 Å². The van der Waals surface area contributed by atoms with Gasteiger partial charge in [0.05, 0.1) is 47.9 Å². The second-order valence-corrected chi connectivity index (χ2v) is 15.7. The summed E-state index contributed by atoms with van der Waals surface area (Å²) < 4.78 is 51.4. The first kappa shape index (κ1) is 29.0. The number of thiol groups is 1. The minimum absolute atomic E-state index is 0.406. The molecule has 2 aromatic carbocycles. The van der Waals surface area contributed by atoms with Crippen molar-refractivity contribution in [3.8, 4) is 0 Å². The van der Waals surface area contributed by atoms with E-state index in [0.717, 1.165) is 0 Å². The third-order valence-electron chi connectivity index (χ3n) is 7.44. The Kier molecular flexibility index (Phi) is 7.59. The van der Waals surface area contributed by atoms with E-state index in [2.05, 4.69) is 22.2 Å². The van der Waals surface area contributed by atoms with Crippen LogP contribution in [0.4, 0.5) is 0 Å². The van der Waals surface area contributed by atoms with E-state index in [0.29, 0.717) is 22.1 Å². The Morgan fingerprint density at radius 2 is 1.29 bits per heavy atom. The van der Waals surface area contributed by atoms with Crippen LogP contribution in [0.25, 0.3) is 22.1 Å². The van der Waals surface area contributed by atoms with Gasteiger partial charge >= 0.3 is 13.5 Å². The van der Waals surface area contributed by atoms with Crippen LogP contribution in [0.15, 0.2) is 61.2 Å². The van der Waals surface area contributed by atoms with Gasteiger partial charge in [-0.25, -0.2) is 14.5 Å². The molecule has 0 bridgehead atoms. The van der Waals surface area contributed by atoms with Crippen molar-refractivity contribution in [3.05, 3.63) is 61.2 Å². The van der Waals surface area contributed by atoms with Crippen molar-refractivity contribution in [2.75, 3.05) is 13.2 Å². The van der Waals surface area contributed by atoms with Crippen LogP contribution in [0.2, 0.25) is 0 Å². The van der Waals surface area contributed by atoms with E-state index in [1.807, 2.05) is 24.3 Å². The van der Waals surface area contributed by atoms with E-state index < -0.39 is 75.8 Å². The standard InChI is InChI=1S/C24H26N4O10P2S2/c29-19-21-17(35-23(19)27-11-25-13-5-1-3-7-15(13)27)9-33-40(32,42)38-22-18(10-34-39(31,41)37-21)36-24(20(22)30)28-12-26-14-6-2-4-8-16(14)28/h1-8,11-12,17-24,29-30H,9-10H2,(H,31,41)(H,32,42). The van der Waals surface area contributed by atoms with Crippen molar-refractivity contribution >= 4 is 59.6 Å². The van der Waals surface area contributed by atoms with Crippen LogP contribution in [0.3, 0.4) is 0 Å². The van der Waals surface area contributed by atoms with Gasteiger partial charge in [0.1, 0.15) is 36.6 Å². The lowest BCUT2D eigenvalue weighted by Gasteiger charge is -2.29. The molecule has 0 saturated carbocycles. The van der Waals surface area contributed by atoms with Gasteiger partial charge < -0.3 is 38.2 Å². The number of nitrogens with zero attached hydrogens (tertiary/aromatic N) is 4. The minimum atomic E-state index is -4.16. The number of imidazole rings is 2. The normalized spacial score (nSPS) is 39.5. The number of aliphatic hydroxyl groups is 2. The maximum absolute atomic E-state index is 13.4. The summed E-state index contributed by atoms with van der Waals surface area (Å²) in [5, 5.41) is 22.5. The second-order valence-electron chi connectivity index (χ2n) is 10.1. The molecule has 3 fully saturated rings. The number of hydrogen-bond donors (Lipinski definition) is 4. The summed E-state index contributed by atoms with van der Waals surface area (Å²) in [4.78, 5) is 19.7. The van der Waals surface area contributed by atoms with Gasteiger partial charge in [-0.15, -0.1) is 0 Å². The average Bonchev–Trinajstić information content (AvgIpc) is 3.71. The van der Waals surface area contributed by atoms with Crippen molar-refractivity contribution in [1.29, 1.82) is 0 Å². The Bertz CT molecular complexity index is 1600. The van der Waals surface area contributed by atoms with Gasteiger partial charge in [-0.05, 0) is 36.1 Å². The number of aromatic nitrogens is 4. The zero-order valence-electron chi connectivity index (χ0n) is 21.5. The van der Waals surface area contributed by atoms with Crippen LogP contribution >= 0.6 is 25.8 Å². The summed E-state index contributed by atoms with van der Waals surface area (Å²) in [6.45, 7) is -9.02. The summed E-state index contributed by atoms with van der Waals surface area (Å²) in [7, 11) is 0. The SMILES string of the molecule is O=P1(S)OCC2OC(n3cnc4ccccc43)C(O)C2OP(O)(=S)OCC2OC(n3cnc4ccccc43)C(O)C2O1. The van der Waals surface area contributed by atoms with Crippen LogP contribution in [-0.4, -0.2) is 84.0 Å². The van der Waals surface area contributed by atoms with Gasteiger partial charge in [-0.3, -0.25) is 13.6 Å². The fourth-order valence-electron chi connectivity index (χ4n) is 5.49. The van der Waals surface area contributed by atoms with Gasteiger partial charge in [0.25, 0.3) is 0 Å². The number of ether oxygens (including phenoxy) is 2. The molecule has 4 aromatic rings. The highest BCUT2D eigenvalue weighted by Gasteiger charge is 2.52. The average molecular weight is 657 g/mol. The lowest BCUT2D eigenvalue weighted by Crippen LogP contribution is -2.38. The minimum Gasteiger partial charge on any atom is -0.386 e. The topological polar surface area (TPSA) is 169 Å².